The number of rotatable bonds is 8. The molecule has 1 aromatic carbocycles. The molecule has 4 heterocycles. The predicted molar refractivity (Wildman–Crippen MR) is 129 cm³/mol. The Morgan fingerprint density at radius 2 is 1.94 bits per heavy atom. The summed E-state index contributed by atoms with van der Waals surface area (Å²) in [6.07, 6.45) is 4.68. The van der Waals surface area contributed by atoms with Gasteiger partial charge in [-0.1, -0.05) is 11.8 Å². The molecule has 0 amide bonds. The van der Waals surface area contributed by atoms with E-state index in [-0.39, 0.29) is 12.4 Å². The zero-order chi connectivity index (χ0) is 24.6. The molecule has 4 aromatic rings. The molecule has 184 valence electrons. The van der Waals surface area contributed by atoms with Crippen LogP contribution in [0.3, 0.4) is 0 Å². The van der Waals surface area contributed by atoms with E-state index < -0.39 is 10.0 Å². The number of aryl methyl sites for hydroxylation is 2. The summed E-state index contributed by atoms with van der Waals surface area (Å²) >= 11 is 1.37. The lowest BCUT2D eigenvalue weighted by atomic mass is 10.2. The number of oxazole rings is 1. The number of hydrogen-bond acceptors (Lipinski definition) is 11. The quantitative estimate of drug-likeness (QED) is 0.330. The summed E-state index contributed by atoms with van der Waals surface area (Å²) in [4.78, 5) is 18.3. The Morgan fingerprint density at radius 3 is 2.66 bits per heavy atom. The first-order valence-corrected chi connectivity index (χ1v) is 13.4. The van der Waals surface area contributed by atoms with E-state index in [1.807, 2.05) is 23.6 Å². The summed E-state index contributed by atoms with van der Waals surface area (Å²) in [6, 6.07) is 3.72. The number of anilines is 1. The fourth-order valence-corrected chi connectivity index (χ4v) is 5.17. The number of nitrogens with zero attached hydrogens (tertiary/aromatic N) is 5. The van der Waals surface area contributed by atoms with E-state index in [0.29, 0.717) is 65.6 Å². The summed E-state index contributed by atoms with van der Waals surface area (Å²) in [7, 11) is -3.29. The fraction of sp³-hybridized carbons (Fsp3) is 0.333. The Bertz CT molecular complexity index is 1500. The molecule has 35 heavy (non-hydrogen) atoms. The highest BCUT2D eigenvalue weighted by Gasteiger charge is 2.23. The van der Waals surface area contributed by atoms with Crippen LogP contribution >= 0.6 is 11.8 Å². The molecule has 5 rings (SSSR count). The van der Waals surface area contributed by atoms with Crippen molar-refractivity contribution in [2.24, 2.45) is 0 Å². The zero-order valence-corrected chi connectivity index (χ0v) is 20.6. The molecule has 0 spiro atoms. The van der Waals surface area contributed by atoms with Crippen LogP contribution in [0.15, 0.2) is 39.1 Å². The number of ether oxygens (including phenoxy) is 2. The lowest BCUT2D eigenvalue weighted by Gasteiger charge is -2.20. The Kier molecular flexibility index (Phi) is 6.25. The third-order valence-corrected chi connectivity index (χ3v) is 6.93. The Labute approximate surface area is 205 Å². The van der Waals surface area contributed by atoms with Gasteiger partial charge in [0.15, 0.2) is 33.6 Å². The van der Waals surface area contributed by atoms with Crippen LogP contribution in [-0.2, 0) is 16.6 Å². The van der Waals surface area contributed by atoms with Crippen LogP contribution < -0.4 is 19.9 Å². The molecule has 1 aliphatic rings. The van der Waals surface area contributed by atoms with Crippen molar-refractivity contribution >= 4 is 38.8 Å². The molecule has 0 saturated carbocycles. The molecular weight excluding hydrogens is 494 g/mol. The summed E-state index contributed by atoms with van der Waals surface area (Å²) in [5.41, 5.74) is 7.83. The van der Waals surface area contributed by atoms with E-state index in [0.717, 1.165) is 16.7 Å². The monoisotopic (exact) mass is 517 g/mol. The first-order chi connectivity index (χ1) is 16.8. The number of benzene rings is 1. The number of fused-ring (bicyclic) bond motifs is 2. The highest BCUT2D eigenvalue weighted by molar-refractivity contribution is 7.99. The smallest absolute Gasteiger partial charge is 0.227 e. The van der Waals surface area contributed by atoms with E-state index in [4.69, 9.17) is 24.6 Å². The molecular formula is C21H23N7O5S2. The maximum atomic E-state index is 11.4. The molecule has 0 radical (unpaired) electrons. The summed E-state index contributed by atoms with van der Waals surface area (Å²) in [5, 5.41) is 0.604. The van der Waals surface area contributed by atoms with Gasteiger partial charge in [0, 0.05) is 18.0 Å². The molecule has 0 fully saturated rings. The van der Waals surface area contributed by atoms with Crippen molar-refractivity contribution in [3.05, 3.63) is 30.4 Å². The highest BCUT2D eigenvalue weighted by atomic mass is 32.2. The van der Waals surface area contributed by atoms with Crippen molar-refractivity contribution in [2.75, 3.05) is 31.7 Å². The van der Waals surface area contributed by atoms with E-state index >= 15 is 0 Å². The van der Waals surface area contributed by atoms with Crippen molar-refractivity contribution in [1.82, 2.24) is 29.2 Å². The van der Waals surface area contributed by atoms with Crippen molar-refractivity contribution in [1.29, 1.82) is 0 Å². The first kappa shape index (κ1) is 23.4. The van der Waals surface area contributed by atoms with Gasteiger partial charge in [-0.2, -0.15) is 0 Å². The molecule has 0 bridgehead atoms. The molecule has 3 aromatic heterocycles. The van der Waals surface area contributed by atoms with E-state index in [9.17, 15) is 8.42 Å². The molecule has 3 N–H and O–H groups in total. The fourth-order valence-electron chi connectivity index (χ4n) is 3.61. The van der Waals surface area contributed by atoms with Crippen LogP contribution in [0.25, 0.3) is 22.6 Å². The minimum atomic E-state index is -3.29. The predicted octanol–water partition coefficient (Wildman–Crippen LogP) is 2.23. The maximum Gasteiger partial charge on any atom is 0.227 e. The van der Waals surface area contributed by atoms with Gasteiger partial charge in [0.2, 0.25) is 15.9 Å². The number of sulfonamides is 1. The Morgan fingerprint density at radius 1 is 1.17 bits per heavy atom. The van der Waals surface area contributed by atoms with Crippen molar-refractivity contribution in [3.63, 3.8) is 0 Å². The second kappa shape index (κ2) is 9.36. The summed E-state index contributed by atoms with van der Waals surface area (Å²) in [5.74, 6) is 2.61. The van der Waals surface area contributed by atoms with Gasteiger partial charge >= 0.3 is 0 Å². The molecule has 0 saturated heterocycles. The standard InChI is InChI=1S/C21H23N7O5S2/c1-12-10-23-20(33-12)13-8-14-15(32-7-6-31-14)9-16(13)34-21-27-17-18(22)24-11-25-19(17)28(21)5-3-4-26-35(2,29)30/h8-11,26H,3-7H2,1-2H3,(H2,22,24,25). The van der Waals surface area contributed by atoms with E-state index in [2.05, 4.69) is 19.7 Å². The average Bonchev–Trinajstić information content (AvgIpc) is 3.40. The van der Waals surface area contributed by atoms with Gasteiger partial charge in [-0.05, 0) is 25.5 Å². The number of nitrogens with one attached hydrogen (secondary N) is 1. The van der Waals surface area contributed by atoms with Gasteiger partial charge in [-0.15, -0.1) is 0 Å². The Hall–Kier alpha value is -3.36. The zero-order valence-electron chi connectivity index (χ0n) is 19.0. The minimum Gasteiger partial charge on any atom is -0.486 e. The van der Waals surface area contributed by atoms with Gasteiger partial charge in [0.1, 0.15) is 25.3 Å². The second-order valence-electron chi connectivity index (χ2n) is 7.87. The summed E-state index contributed by atoms with van der Waals surface area (Å²) in [6.45, 7) is 3.46. The number of aromatic nitrogens is 5. The van der Waals surface area contributed by atoms with E-state index in [1.54, 1.807) is 6.20 Å². The third-order valence-electron chi connectivity index (χ3n) is 5.15. The Balaban J connectivity index is 1.55. The average molecular weight is 518 g/mol. The lowest BCUT2D eigenvalue weighted by Crippen LogP contribution is -2.24. The van der Waals surface area contributed by atoms with Crippen molar-refractivity contribution in [2.45, 2.75) is 29.9 Å². The van der Waals surface area contributed by atoms with Gasteiger partial charge < -0.3 is 24.2 Å². The molecule has 0 aliphatic carbocycles. The highest BCUT2D eigenvalue weighted by Crippen LogP contribution is 2.44. The number of nitrogen functional groups attached to an aromatic ring is 1. The van der Waals surface area contributed by atoms with Crippen molar-refractivity contribution in [3.8, 4) is 23.0 Å². The molecule has 0 unspecified atom stereocenters. The second-order valence-corrected chi connectivity index (χ2v) is 10.7. The van der Waals surface area contributed by atoms with Gasteiger partial charge in [-0.3, -0.25) is 0 Å². The molecule has 1 aliphatic heterocycles. The van der Waals surface area contributed by atoms with Crippen LogP contribution in [0.5, 0.6) is 11.5 Å². The van der Waals surface area contributed by atoms with E-state index in [1.165, 1.54) is 18.1 Å². The van der Waals surface area contributed by atoms with Gasteiger partial charge in [-0.25, -0.2) is 33.1 Å². The van der Waals surface area contributed by atoms with Crippen LogP contribution in [-0.4, -0.2) is 58.9 Å². The van der Waals surface area contributed by atoms with Gasteiger partial charge in [0.05, 0.1) is 18.0 Å². The van der Waals surface area contributed by atoms with Crippen LogP contribution in [0.2, 0.25) is 0 Å². The van der Waals surface area contributed by atoms with Crippen LogP contribution in [0.1, 0.15) is 12.2 Å². The SMILES string of the molecule is Cc1cnc(-c2cc3c(cc2Sc2nc4c(N)ncnc4n2CCCNS(C)(=O)=O)OCCO3)o1. The minimum absolute atomic E-state index is 0.260. The normalized spacial score (nSPS) is 13.4. The maximum absolute atomic E-state index is 11.4. The number of imidazole rings is 1. The third kappa shape index (κ3) is 5.04. The molecule has 0 atom stereocenters. The first-order valence-electron chi connectivity index (χ1n) is 10.7. The molecule has 14 heteroatoms. The number of hydrogen-bond donors (Lipinski definition) is 2. The topological polar surface area (TPSA) is 160 Å². The largest absolute Gasteiger partial charge is 0.486 e. The van der Waals surface area contributed by atoms with Crippen LogP contribution in [0.4, 0.5) is 5.82 Å². The lowest BCUT2D eigenvalue weighted by molar-refractivity contribution is 0.171. The van der Waals surface area contributed by atoms with Crippen LogP contribution in [0, 0.1) is 6.92 Å². The van der Waals surface area contributed by atoms with Crippen molar-refractivity contribution < 1.29 is 22.3 Å². The molecule has 12 nitrogen and oxygen atoms in total. The summed E-state index contributed by atoms with van der Waals surface area (Å²) < 4.78 is 44.6. The number of nitrogens with two attached hydrogens (primary N) is 1. The van der Waals surface area contributed by atoms with Gasteiger partial charge in [0.25, 0.3) is 0 Å².